The fourth-order valence-electron chi connectivity index (χ4n) is 2.00. The maximum atomic E-state index is 11.7. The summed E-state index contributed by atoms with van der Waals surface area (Å²) in [6, 6.07) is 2.20. The number of nitrogens with one attached hydrogen (secondary N) is 2. The van der Waals surface area contributed by atoms with Crippen LogP contribution in [-0.4, -0.2) is 41.5 Å². The Labute approximate surface area is 107 Å². The summed E-state index contributed by atoms with van der Waals surface area (Å²) in [5.41, 5.74) is 1.06. The molecule has 2 heterocycles. The lowest BCUT2D eigenvalue weighted by molar-refractivity contribution is -0.121. The Bertz CT molecular complexity index is 385. The number of amides is 1. The lowest BCUT2D eigenvalue weighted by atomic mass is 10.1. The number of ether oxygens (including phenoxy) is 1. The average molecular weight is 252 g/mol. The van der Waals surface area contributed by atoms with Gasteiger partial charge in [0, 0.05) is 39.0 Å². The minimum atomic E-state index is 0.0454. The molecule has 0 aliphatic carbocycles. The van der Waals surface area contributed by atoms with Crippen LogP contribution in [0.25, 0.3) is 0 Å². The van der Waals surface area contributed by atoms with E-state index in [-0.39, 0.29) is 11.9 Å². The minimum Gasteiger partial charge on any atom is -0.381 e. The first kappa shape index (κ1) is 13.0. The molecular formula is C12H20N4O2. The van der Waals surface area contributed by atoms with Crippen molar-refractivity contribution in [3.8, 4) is 0 Å². The van der Waals surface area contributed by atoms with Crippen LogP contribution in [0, 0.1) is 0 Å². The van der Waals surface area contributed by atoms with Crippen LogP contribution >= 0.6 is 0 Å². The number of hydrogen-bond donors (Lipinski definition) is 2. The second-order valence-electron chi connectivity index (χ2n) is 4.50. The van der Waals surface area contributed by atoms with Crippen molar-refractivity contribution in [1.29, 1.82) is 0 Å². The first-order chi connectivity index (χ1) is 8.75. The summed E-state index contributed by atoms with van der Waals surface area (Å²) >= 11 is 0. The molecule has 18 heavy (non-hydrogen) atoms. The molecule has 1 fully saturated rings. The highest BCUT2D eigenvalue weighted by atomic mass is 16.5. The molecule has 100 valence electrons. The monoisotopic (exact) mass is 252 g/mol. The van der Waals surface area contributed by atoms with Crippen LogP contribution in [0.5, 0.6) is 0 Å². The summed E-state index contributed by atoms with van der Waals surface area (Å²) in [6.07, 6.45) is 3.57. The fourth-order valence-corrected chi connectivity index (χ4v) is 2.00. The van der Waals surface area contributed by atoms with Crippen molar-refractivity contribution < 1.29 is 9.53 Å². The number of aromatic nitrogens is 2. The van der Waals surface area contributed by atoms with Crippen molar-refractivity contribution in [2.45, 2.75) is 25.4 Å². The van der Waals surface area contributed by atoms with Gasteiger partial charge in [-0.25, -0.2) is 0 Å². The Hall–Kier alpha value is -1.40. The summed E-state index contributed by atoms with van der Waals surface area (Å²) in [6.45, 7) is 2.47. The lowest BCUT2D eigenvalue weighted by Gasteiger charge is -2.23. The standard InChI is InChI=1S/C12H20N4O2/c1-16-11(2-5-14-16)8-13-9-12(17)15-10-3-6-18-7-4-10/h2,5,10,13H,3-4,6-9H2,1H3,(H,15,17). The molecule has 6 nitrogen and oxygen atoms in total. The molecule has 1 aliphatic heterocycles. The fraction of sp³-hybridized carbons (Fsp3) is 0.667. The van der Waals surface area contributed by atoms with Crippen LogP contribution in [-0.2, 0) is 23.1 Å². The summed E-state index contributed by atoms with van der Waals surface area (Å²) in [5, 5.41) is 10.2. The van der Waals surface area contributed by atoms with Crippen molar-refractivity contribution >= 4 is 5.91 Å². The molecule has 2 rings (SSSR count). The first-order valence-corrected chi connectivity index (χ1v) is 6.30. The second kappa shape index (κ2) is 6.51. The largest absolute Gasteiger partial charge is 0.381 e. The van der Waals surface area contributed by atoms with Crippen LogP contribution in [0.15, 0.2) is 12.3 Å². The van der Waals surface area contributed by atoms with Gasteiger partial charge in [-0.3, -0.25) is 9.48 Å². The molecule has 1 amide bonds. The van der Waals surface area contributed by atoms with E-state index in [4.69, 9.17) is 4.74 Å². The van der Waals surface area contributed by atoms with E-state index in [1.165, 1.54) is 0 Å². The normalized spacial score (nSPS) is 16.7. The maximum absolute atomic E-state index is 11.7. The zero-order valence-corrected chi connectivity index (χ0v) is 10.7. The van der Waals surface area contributed by atoms with E-state index < -0.39 is 0 Å². The number of aryl methyl sites for hydroxylation is 1. The summed E-state index contributed by atoms with van der Waals surface area (Å²) in [5.74, 6) is 0.0454. The number of carbonyl (C=O) groups is 1. The quantitative estimate of drug-likeness (QED) is 0.762. The van der Waals surface area contributed by atoms with E-state index in [2.05, 4.69) is 15.7 Å². The molecule has 1 aromatic rings. The van der Waals surface area contributed by atoms with E-state index in [1.54, 1.807) is 10.9 Å². The van der Waals surface area contributed by atoms with Gasteiger partial charge < -0.3 is 15.4 Å². The molecule has 0 aromatic carbocycles. The van der Waals surface area contributed by atoms with Gasteiger partial charge in [0.15, 0.2) is 0 Å². The Balaban J connectivity index is 1.64. The second-order valence-corrected chi connectivity index (χ2v) is 4.50. The third-order valence-corrected chi connectivity index (χ3v) is 3.10. The van der Waals surface area contributed by atoms with Crippen LogP contribution < -0.4 is 10.6 Å². The van der Waals surface area contributed by atoms with Gasteiger partial charge in [-0.2, -0.15) is 5.10 Å². The first-order valence-electron chi connectivity index (χ1n) is 6.30. The average Bonchev–Trinajstić information content (AvgIpc) is 2.76. The molecule has 0 saturated carbocycles. The summed E-state index contributed by atoms with van der Waals surface area (Å²) in [7, 11) is 1.89. The molecule has 0 radical (unpaired) electrons. The Morgan fingerprint density at radius 3 is 3.00 bits per heavy atom. The van der Waals surface area contributed by atoms with Gasteiger partial charge in [0.05, 0.1) is 12.2 Å². The van der Waals surface area contributed by atoms with Gasteiger partial charge in [0.1, 0.15) is 0 Å². The molecular weight excluding hydrogens is 232 g/mol. The highest BCUT2D eigenvalue weighted by Crippen LogP contribution is 2.05. The van der Waals surface area contributed by atoms with Crippen molar-refractivity contribution in [2.24, 2.45) is 7.05 Å². The van der Waals surface area contributed by atoms with Gasteiger partial charge in [0.25, 0.3) is 0 Å². The SMILES string of the molecule is Cn1nccc1CNCC(=O)NC1CCOCC1. The van der Waals surface area contributed by atoms with E-state index in [1.807, 2.05) is 13.1 Å². The molecule has 6 heteroatoms. The molecule has 0 atom stereocenters. The smallest absolute Gasteiger partial charge is 0.234 e. The van der Waals surface area contributed by atoms with E-state index in [0.29, 0.717) is 13.1 Å². The molecule has 2 N–H and O–H groups in total. The van der Waals surface area contributed by atoms with Gasteiger partial charge in [-0.15, -0.1) is 0 Å². The van der Waals surface area contributed by atoms with E-state index >= 15 is 0 Å². The van der Waals surface area contributed by atoms with Gasteiger partial charge in [0.2, 0.25) is 5.91 Å². The van der Waals surface area contributed by atoms with Crippen LogP contribution in [0.1, 0.15) is 18.5 Å². The Morgan fingerprint density at radius 1 is 1.56 bits per heavy atom. The predicted molar refractivity (Wildman–Crippen MR) is 66.9 cm³/mol. The number of hydrogen-bond acceptors (Lipinski definition) is 4. The third-order valence-electron chi connectivity index (χ3n) is 3.10. The zero-order chi connectivity index (χ0) is 12.8. The molecule has 1 aromatic heterocycles. The van der Waals surface area contributed by atoms with Crippen LogP contribution in [0.2, 0.25) is 0 Å². The maximum Gasteiger partial charge on any atom is 0.234 e. The summed E-state index contributed by atoms with van der Waals surface area (Å²) < 4.78 is 7.04. The predicted octanol–water partition coefficient (Wildman–Crippen LogP) is -0.195. The van der Waals surface area contributed by atoms with Crippen molar-refractivity contribution in [3.05, 3.63) is 18.0 Å². The zero-order valence-electron chi connectivity index (χ0n) is 10.7. The van der Waals surface area contributed by atoms with E-state index in [0.717, 1.165) is 31.7 Å². The molecule has 1 aliphatic rings. The highest BCUT2D eigenvalue weighted by molar-refractivity contribution is 5.78. The number of carbonyl (C=O) groups excluding carboxylic acids is 1. The van der Waals surface area contributed by atoms with E-state index in [9.17, 15) is 4.79 Å². The van der Waals surface area contributed by atoms with Crippen molar-refractivity contribution in [3.63, 3.8) is 0 Å². The molecule has 0 bridgehead atoms. The van der Waals surface area contributed by atoms with Crippen molar-refractivity contribution in [1.82, 2.24) is 20.4 Å². The minimum absolute atomic E-state index is 0.0454. The topological polar surface area (TPSA) is 68.2 Å². The highest BCUT2D eigenvalue weighted by Gasteiger charge is 2.15. The van der Waals surface area contributed by atoms with Crippen LogP contribution in [0.4, 0.5) is 0 Å². The third kappa shape index (κ3) is 3.82. The van der Waals surface area contributed by atoms with Gasteiger partial charge >= 0.3 is 0 Å². The van der Waals surface area contributed by atoms with Crippen molar-refractivity contribution in [2.75, 3.05) is 19.8 Å². The van der Waals surface area contributed by atoms with Gasteiger partial charge in [-0.05, 0) is 18.9 Å². The summed E-state index contributed by atoms with van der Waals surface area (Å²) in [4.78, 5) is 11.7. The Morgan fingerprint density at radius 2 is 2.33 bits per heavy atom. The molecule has 0 spiro atoms. The Kier molecular flexibility index (Phi) is 4.72. The lowest BCUT2D eigenvalue weighted by Crippen LogP contribution is -2.43. The molecule has 1 saturated heterocycles. The van der Waals surface area contributed by atoms with Crippen LogP contribution in [0.3, 0.4) is 0 Å². The molecule has 0 unspecified atom stereocenters. The number of nitrogens with zero attached hydrogens (tertiary/aromatic N) is 2. The van der Waals surface area contributed by atoms with Gasteiger partial charge in [-0.1, -0.05) is 0 Å². The number of rotatable bonds is 5.